The molecule has 0 unspecified atom stereocenters. The van der Waals surface area contributed by atoms with Gasteiger partial charge in [0, 0.05) is 13.1 Å². The number of rotatable bonds is 7. The smallest absolute Gasteiger partial charge is 0.0593 e. The first-order chi connectivity index (χ1) is 5.31. The van der Waals surface area contributed by atoms with E-state index in [1.165, 1.54) is 6.42 Å². The van der Waals surface area contributed by atoms with Crippen LogP contribution in [0.5, 0.6) is 0 Å². The highest BCUT2D eigenvalue weighted by atomic mass is 16.5. The predicted molar refractivity (Wildman–Crippen MR) is 47.7 cm³/mol. The van der Waals surface area contributed by atoms with E-state index in [0.717, 1.165) is 19.7 Å². The Hall–Kier alpha value is -0.120. The van der Waals surface area contributed by atoms with Gasteiger partial charge in [-0.05, 0) is 20.0 Å². The predicted octanol–water partition coefficient (Wildman–Crippen LogP) is 0.304. The molecule has 0 aromatic carbocycles. The van der Waals surface area contributed by atoms with Crippen LogP contribution >= 0.6 is 0 Å². The van der Waals surface area contributed by atoms with Gasteiger partial charge in [0.05, 0.1) is 13.2 Å². The van der Waals surface area contributed by atoms with Crippen LogP contribution in [0.2, 0.25) is 0 Å². The van der Waals surface area contributed by atoms with Crippen molar-refractivity contribution in [2.24, 2.45) is 5.73 Å². The summed E-state index contributed by atoms with van der Waals surface area (Å²) in [6, 6.07) is 0. The van der Waals surface area contributed by atoms with Crippen molar-refractivity contribution >= 4 is 0 Å². The Morgan fingerprint density at radius 2 is 2.00 bits per heavy atom. The van der Waals surface area contributed by atoms with E-state index in [9.17, 15) is 0 Å². The van der Waals surface area contributed by atoms with E-state index in [1.54, 1.807) is 0 Å². The Morgan fingerprint density at radius 1 is 1.27 bits per heavy atom. The van der Waals surface area contributed by atoms with E-state index in [1.807, 2.05) is 0 Å². The second-order valence-electron chi connectivity index (χ2n) is 2.70. The third-order valence-corrected chi connectivity index (χ3v) is 1.48. The van der Waals surface area contributed by atoms with Gasteiger partial charge in [0.15, 0.2) is 0 Å². The lowest BCUT2D eigenvalue weighted by atomic mass is 10.4. The minimum Gasteiger partial charge on any atom is -0.379 e. The van der Waals surface area contributed by atoms with Crippen LogP contribution in [0.4, 0.5) is 0 Å². The number of nitrogens with zero attached hydrogens (tertiary/aromatic N) is 1. The second-order valence-corrected chi connectivity index (χ2v) is 2.70. The van der Waals surface area contributed by atoms with Gasteiger partial charge < -0.3 is 15.4 Å². The third kappa shape index (κ3) is 7.78. The molecule has 0 atom stereocenters. The normalized spacial score (nSPS) is 10.9. The molecule has 0 radical (unpaired) electrons. The van der Waals surface area contributed by atoms with Gasteiger partial charge in [-0.2, -0.15) is 0 Å². The van der Waals surface area contributed by atoms with Crippen LogP contribution in [-0.2, 0) is 4.74 Å². The van der Waals surface area contributed by atoms with Crippen LogP contribution < -0.4 is 5.73 Å². The molecule has 3 nitrogen and oxygen atoms in total. The molecule has 0 aromatic heterocycles. The van der Waals surface area contributed by atoms with Crippen LogP contribution in [0.1, 0.15) is 13.3 Å². The summed E-state index contributed by atoms with van der Waals surface area (Å²) in [5, 5.41) is 0. The summed E-state index contributed by atoms with van der Waals surface area (Å²) >= 11 is 0. The maximum absolute atomic E-state index is 5.27. The summed E-state index contributed by atoms with van der Waals surface area (Å²) < 4.78 is 5.23. The molecule has 0 spiro atoms. The van der Waals surface area contributed by atoms with Gasteiger partial charge in [0.1, 0.15) is 0 Å². The Labute approximate surface area is 69.5 Å². The zero-order chi connectivity index (χ0) is 8.53. The lowest BCUT2D eigenvalue weighted by Gasteiger charge is -2.14. The fraction of sp³-hybridized carbons (Fsp3) is 1.00. The fourth-order valence-electron chi connectivity index (χ4n) is 0.899. The molecule has 0 aromatic rings. The SMILES string of the molecule is CCCN(C)CCOCCN. The first-order valence-electron chi connectivity index (χ1n) is 4.27. The van der Waals surface area contributed by atoms with Crippen molar-refractivity contribution in [3.8, 4) is 0 Å². The molecule has 0 aliphatic carbocycles. The largest absolute Gasteiger partial charge is 0.379 e. The van der Waals surface area contributed by atoms with Gasteiger partial charge in [-0.3, -0.25) is 0 Å². The van der Waals surface area contributed by atoms with Gasteiger partial charge in [-0.15, -0.1) is 0 Å². The van der Waals surface area contributed by atoms with Crippen molar-refractivity contribution in [1.29, 1.82) is 0 Å². The van der Waals surface area contributed by atoms with E-state index >= 15 is 0 Å². The molecule has 0 saturated carbocycles. The quantitative estimate of drug-likeness (QED) is 0.544. The Kier molecular flexibility index (Phi) is 7.89. The maximum atomic E-state index is 5.27. The second kappa shape index (κ2) is 7.98. The van der Waals surface area contributed by atoms with Crippen LogP contribution in [0.3, 0.4) is 0 Å². The first kappa shape index (κ1) is 10.9. The van der Waals surface area contributed by atoms with Gasteiger partial charge in [0.2, 0.25) is 0 Å². The van der Waals surface area contributed by atoms with Crippen LogP contribution in [0, 0.1) is 0 Å². The van der Waals surface area contributed by atoms with E-state index in [2.05, 4.69) is 18.9 Å². The number of likely N-dealkylation sites (N-methyl/N-ethyl adjacent to an activating group) is 1. The lowest BCUT2D eigenvalue weighted by Crippen LogP contribution is -2.24. The summed E-state index contributed by atoms with van der Waals surface area (Å²) in [4.78, 5) is 2.26. The summed E-state index contributed by atoms with van der Waals surface area (Å²) in [5.74, 6) is 0. The molecule has 0 saturated heterocycles. The average Bonchev–Trinajstić information content (AvgIpc) is 1.99. The zero-order valence-electron chi connectivity index (χ0n) is 7.68. The topological polar surface area (TPSA) is 38.5 Å². The van der Waals surface area contributed by atoms with Gasteiger partial charge in [-0.25, -0.2) is 0 Å². The van der Waals surface area contributed by atoms with Crippen molar-refractivity contribution in [2.75, 3.05) is 39.9 Å². The molecule has 0 fully saturated rings. The molecule has 0 heterocycles. The average molecular weight is 160 g/mol. The van der Waals surface area contributed by atoms with Crippen LogP contribution in [0.25, 0.3) is 0 Å². The maximum Gasteiger partial charge on any atom is 0.0593 e. The minimum absolute atomic E-state index is 0.623. The molecule has 0 aliphatic heterocycles. The molecule has 0 amide bonds. The number of nitrogens with two attached hydrogens (primary N) is 1. The third-order valence-electron chi connectivity index (χ3n) is 1.48. The Bertz CT molecular complexity index is 78.5. The van der Waals surface area contributed by atoms with Gasteiger partial charge in [0.25, 0.3) is 0 Å². The van der Waals surface area contributed by atoms with Gasteiger partial charge in [-0.1, -0.05) is 6.92 Å². The zero-order valence-corrected chi connectivity index (χ0v) is 7.68. The van der Waals surface area contributed by atoms with E-state index in [0.29, 0.717) is 13.2 Å². The van der Waals surface area contributed by atoms with Gasteiger partial charge >= 0.3 is 0 Å². The molecule has 0 bridgehead atoms. The summed E-state index contributed by atoms with van der Waals surface area (Å²) in [7, 11) is 2.11. The molecule has 3 heteroatoms. The molecular weight excluding hydrogens is 140 g/mol. The number of hydrogen-bond acceptors (Lipinski definition) is 3. The van der Waals surface area contributed by atoms with Crippen molar-refractivity contribution in [3.63, 3.8) is 0 Å². The molecule has 0 rings (SSSR count). The summed E-state index contributed by atoms with van der Waals surface area (Å²) in [6.07, 6.45) is 1.20. The number of ether oxygens (including phenoxy) is 1. The molecule has 0 aliphatic rings. The van der Waals surface area contributed by atoms with E-state index < -0.39 is 0 Å². The standard InChI is InChI=1S/C8H20N2O/c1-3-5-10(2)6-8-11-7-4-9/h3-9H2,1-2H3. The van der Waals surface area contributed by atoms with Crippen molar-refractivity contribution in [2.45, 2.75) is 13.3 Å². The molecule has 2 N–H and O–H groups in total. The van der Waals surface area contributed by atoms with Crippen molar-refractivity contribution < 1.29 is 4.74 Å². The van der Waals surface area contributed by atoms with Crippen LogP contribution in [0.15, 0.2) is 0 Å². The van der Waals surface area contributed by atoms with Crippen molar-refractivity contribution in [3.05, 3.63) is 0 Å². The molecule has 11 heavy (non-hydrogen) atoms. The first-order valence-corrected chi connectivity index (χ1v) is 4.27. The Balaban J connectivity index is 2.97. The fourth-order valence-corrected chi connectivity index (χ4v) is 0.899. The van der Waals surface area contributed by atoms with E-state index in [-0.39, 0.29) is 0 Å². The Morgan fingerprint density at radius 3 is 2.55 bits per heavy atom. The molecular formula is C8H20N2O. The number of hydrogen-bond donors (Lipinski definition) is 1. The highest BCUT2D eigenvalue weighted by Gasteiger charge is 1.94. The monoisotopic (exact) mass is 160 g/mol. The highest BCUT2D eigenvalue weighted by Crippen LogP contribution is 1.85. The summed E-state index contributed by atoms with van der Waals surface area (Å²) in [5.41, 5.74) is 5.27. The van der Waals surface area contributed by atoms with E-state index in [4.69, 9.17) is 10.5 Å². The lowest BCUT2D eigenvalue weighted by molar-refractivity contribution is 0.117. The highest BCUT2D eigenvalue weighted by molar-refractivity contribution is 4.47. The van der Waals surface area contributed by atoms with Crippen molar-refractivity contribution in [1.82, 2.24) is 4.90 Å². The molecule has 68 valence electrons. The minimum atomic E-state index is 0.623. The summed E-state index contributed by atoms with van der Waals surface area (Å²) in [6.45, 7) is 6.43. The van der Waals surface area contributed by atoms with Crippen LogP contribution in [-0.4, -0.2) is 44.8 Å².